The Kier molecular flexibility index (Phi) is 5.83. The van der Waals surface area contributed by atoms with Crippen LogP contribution in [0, 0.1) is 0 Å². The molecule has 2 atom stereocenters. The first-order valence-electron chi connectivity index (χ1n) is 7.41. The van der Waals surface area contributed by atoms with Crippen molar-refractivity contribution in [1.82, 2.24) is 4.90 Å². The Morgan fingerprint density at radius 2 is 2.16 bits per heavy atom. The molecule has 1 fully saturated rings. The maximum Gasteiger partial charge on any atom is 0.0702 e. The normalized spacial score (nSPS) is 22.3. The van der Waals surface area contributed by atoms with Gasteiger partial charge >= 0.3 is 0 Å². The molecule has 0 aromatic heterocycles. The Morgan fingerprint density at radius 1 is 1.37 bits per heavy atom. The van der Waals surface area contributed by atoms with Gasteiger partial charge in [0.2, 0.25) is 0 Å². The molecule has 3 heteroatoms. The maximum absolute atomic E-state index is 6.27. The predicted molar refractivity (Wildman–Crippen MR) is 79.2 cm³/mol. The predicted octanol–water partition coefficient (Wildman–Crippen LogP) is 2.06. The van der Waals surface area contributed by atoms with Crippen molar-refractivity contribution in [1.29, 1.82) is 0 Å². The summed E-state index contributed by atoms with van der Waals surface area (Å²) in [4.78, 5) is 2.46. The molecule has 2 N–H and O–H groups in total. The lowest BCUT2D eigenvalue weighted by Gasteiger charge is -2.34. The minimum atomic E-state index is 0.211. The minimum absolute atomic E-state index is 0.211. The van der Waals surface area contributed by atoms with Crippen LogP contribution in [0.4, 0.5) is 0 Å². The fourth-order valence-corrected chi connectivity index (χ4v) is 2.86. The van der Waals surface area contributed by atoms with Gasteiger partial charge in [-0.05, 0) is 38.3 Å². The van der Waals surface area contributed by atoms with Gasteiger partial charge in [0.25, 0.3) is 0 Å². The number of benzene rings is 1. The summed E-state index contributed by atoms with van der Waals surface area (Å²) in [7, 11) is 0. The molecule has 1 aliphatic heterocycles. The van der Waals surface area contributed by atoms with E-state index >= 15 is 0 Å². The average Bonchev–Trinajstić information content (AvgIpc) is 2.40. The third-order valence-corrected chi connectivity index (χ3v) is 3.70. The number of hydrogen-bond donors (Lipinski definition) is 1. The van der Waals surface area contributed by atoms with E-state index < -0.39 is 0 Å². The van der Waals surface area contributed by atoms with E-state index in [2.05, 4.69) is 36.1 Å². The first-order chi connectivity index (χ1) is 9.28. The molecule has 2 unspecified atom stereocenters. The van der Waals surface area contributed by atoms with Crippen LogP contribution < -0.4 is 5.73 Å². The zero-order chi connectivity index (χ0) is 13.5. The quantitative estimate of drug-likeness (QED) is 0.853. The number of hydrogen-bond acceptors (Lipinski definition) is 3. The lowest BCUT2D eigenvalue weighted by molar-refractivity contribution is 0.00457. The van der Waals surface area contributed by atoms with Crippen LogP contribution in [-0.4, -0.2) is 43.3 Å². The third kappa shape index (κ3) is 4.94. The van der Waals surface area contributed by atoms with E-state index in [0.717, 1.165) is 32.7 Å². The summed E-state index contributed by atoms with van der Waals surface area (Å²) in [5.74, 6) is 0. The third-order valence-electron chi connectivity index (χ3n) is 3.70. The van der Waals surface area contributed by atoms with E-state index in [9.17, 15) is 0 Å². The molecule has 1 aromatic rings. The number of likely N-dealkylation sites (tertiary alicyclic amines) is 1. The van der Waals surface area contributed by atoms with E-state index in [1.54, 1.807) is 0 Å². The molecular formula is C16H26N2O. The second-order valence-corrected chi connectivity index (χ2v) is 5.43. The van der Waals surface area contributed by atoms with Gasteiger partial charge in [-0.3, -0.25) is 4.90 Å². The van der Waals surface area contributed by atoms with E-state index in [1.165, 1.54) is 18.4 Å². The topological polar surface area (TPSA) is 38.5 Å². The van der Waals surface area contributed by atoms with Crippen molar-refractivity contribution >= 4 is 0 Å². The molecule has 0 saturated carbocycles. The molecule has 1 saturated heterocycles. The second-order valence-electron chi connectivity index (χ2n) is 5.43. The molecule has 1 aliphatic rings. The van der Waals surface area contributed by atoms with Gasteiger partial charge in [-0.2, -0.15) is 0 Å². The first kappa shape index (κ1) is 14.5. The molecule has 0 radical (unpaired) electrons. The molecule has 0 aliphatic carbocycles. The van der Waals surface area contributed by atoms with Crippen LogP contribution in [0.5, 0.6) is 0 Å². The van der Waals surface area contributed by atoms with Gasteiger partial charge in [0, 0.05) is 25.7 Å². The summed E-state index contributed by atoms with van der Waals surface area (Å²) in [5, 5.41) is 0. The molecule has 1 aromatic carbocycles. The smallest absolute Gasteiger partial charge is 0.0702 e. The van der Waals surface area contributed by atoms with Crippen molar-refractivity contribution in [2.24, 2.45) is 5.73 Å². The lowest BCUT2D eigenvalue weighted by atomic mass is 10.0. The average molecular weight is 262 g/mol. The molecule has 106 valence electrons. The Hall–Kier alpha value is -0.900. The van der Waals surface area contributed by atoms with Crippen molar-refractivity contribution in [2.45, 2.75) is 38.3 Å². The number of ether oxygens (including phenoxy) is 1. The Bertz CT molecular complexity index is 353. The van der Waals surface area contributed by atoms with Crippen molar-refractivity contribution in [3.8, 4) is 0 Å². The summed E-state index contributed by atoms with van der Waals surface area (Å²) in [6.07, 6.45) is 3.78. The fraction of sp³-hybridized carbons (Fsp3) is 0.625. The zero-order valence-electron chi connectivity index (χ0n) is 11.9. The Balaban J connectivity index is 1.77. The van der Waals surface area contributed by atoms with Crippen LogP contribution in [0.2, 0.25) is 0 Å². The van der Waals surface area contributed by atoms with Gasteiger partial charge in [0.15, 0.2) is 0 Å². The number of piperidine rings is 1. The lowest BCUT2D eigenvalue weighted by Crippen LogP contribution is -2.46. The standard InChI is InChI=1S/C16H26N2O/c1-2-19-16-9-6-10-18(13-16)12-15(17)11-14-7-4-3-5-8-14/h3-5,7-8,15-16H,2,6,9-13,17H2,1H3. The van der Waals surface area contributed by atoms with Gasteiger partial charge in [-0.15, -0.1) is 0 Å². The van der Waals surface area contributed by atoms with E-state index in [-0.39, 0.29) is 6.04 Å². The van der Waals surface area contributed by atoms with Gasteiger partial charge < -0.3 is 10.5 Å². The summed E-state index contributed by atoms with van der Waals surface area (Å²) < 4.78 is 5.73. The number of nitrogens with zero attached hydrogens (tertiary/aromatic N) is 1. The van der Waals surface area contributed by atoms with E-state index in [0.29, 0.717) is 6.10 Å². The number of nitrogens with two attached hydrogens (primary N) is 1. The molecular weight excluding hydrogens is 236 g/mol. The van der Waals surface area contributed by atoms with Crippen LogP contribution in [-0.2, 0) is 11.2 Å². The van der Waals surface area contributed by atoms with Crippen molar-refractivity contribution < 1.29 is 4.74 Å². The molecule has 0 bridgehead atoms. The highest BCUT2D eigenvalue weighted by Gasteiger charge is 2.21. The van der Waals surface area contributed by atoms with Crippen molar-refractivity contribution in [3.05, 3.63) is 35.9 Å². The zero-order valence-corrected chi connectivity index (χ0v) is 11.9. The Labute approximate surface area is 116 Å². The van der Waals surface area contributed by atoms with Gasteiger partial charge in [-0.25, -0.2) is 0 Å². The van der Waals surface area contributed by atoms with Crippen LogP contribution in [0.25, 0.3) is 0 Å². The second kappa shape index (κ2) is 7.63. The van der Waals surface area contributed by atoms with Crippen molar-refractivity contribution in [3.63, 3.8) is 0 Å². The monoisotopic (exact) mass is 262 g/mol. The van der Waals surface area contributed by atoms with Crippen LogP contribution in [0.1, 0.15) is 25.3 Å². The van der Waals surface area contributed by atoms with Crippen LogP contribution in [0.3, 0.4) is 0 Å². The summed E-state index contributed by atoms with van der Waals surface area (Å²) in [6.45, 7) is 6.05. The van der Waals surface area contributed by atoms with Crippen LogP contribution >= 0.6 is 0 Å². The van der Waals surface area contributed by atoms with Gasteiger partial charge in [-0.1, -0.05) is 30.3 Å². The molecule has 2 rings (SSSR count). The Morgan fingerprint density at radius 3 is 2.89 bits per heavy atom. The molecule has 0 spiro atoms. The SMILES string of the molecule is CCOC1CCCN(CC(N)Cc2ccccc2)C1. The largest absolute Gasteiger partial charge is 0.377 e. The first-order valence-corrected chi connectivity index (χ1v) is 7.41. The highest BCUT2D eigenvalue weighted by molar-refractivity contribution is 5.15. The highest BCUT2D eigenvalue weighted by Crippen LogP contribution is 2.14. The van der Waals surface area contributed by atoms with E-state index in [4.69, 9.17) is 10.5 Å². The molecule has 3 nitrogen and oxygen atoms in total. The summed E-state index contributed by atoms with van der Waals surface area (Å²) >= 11 is 0. The molecule has 19 heavy (non-hydrogen) atoms. The van der Waals surface area contributed by atoms with Gasteiger partial charge in [0.05, 0.1) is 6.10 Å². The summed E-state index contributed by atoms with van der Waals surface area (Å²) in [5.41, 5.74) is 7.60. The van der Waals surface area contributed by atoms with Gasteiger partial charge in [0.1, 0.15) is 0 Å². The maximum atomic E-state index is 6.27. The number of rotatable bonds is 6. The van der Waals surface area contributed by atoms with Crippen LogP contribution in [0.15, 0.2) is 30.3 Å². The molecule has 0 amide bonds. The minimum Gasteiger partial charge on any atom is -0.377 e. The molecule has 1 heterocycles. The van der Waals surface area contributed by atoms with Crippen molar-refractivity contribution in [2.75, 3.05) is 26.2 Å². The fourth-order valence-electron chi connectivity index (χ4n) is 2.86. The van der Waals surface area contributed by atoms with E-state index in [1.807, 2.05) is 6.07 Å². The highest BCUT2D eigenvalue weighted by atomic mass is 16.5. The summed E-state index contributed by atoms with van der Waals surface area (Å²) in [6, 6.07) is 10.7.